The molecule has 7 heteroatoms. The average Bonchev–Trinajstić information content (AvgIpc) is 2.33. The summed E-state index contributed by atoms with van der Waals surface area (Å²) in [6, 6.07) is -0.207. The first-order valence-electron chi connectivity index (χ1n) is 6.73. The molecule has 0 bridgehead atoms. The van der Waals surface area contributed by atoms with Crippen LogP contribution in [0.2, 0.25) is 0 Å². The highest BCUT2D eigenvalue weighted by molar-refractivity contribution is 7.90. The fourth-order valence-electron chi connectivity index (χ4n) is 2.67. The topological polar surface area (TPSA) is 63.2 Å². The van der Waals surface area contributed by atoms with E-state index < -0.39 is 15.7 Å². The largest absolute Gasteiger partial charge is 0.350 e. The van der Waals surface area contributed by atoms with Crippen LogP contribution in [-0.4, -0.2) is 43.0 Å². The van der Waals surface area contributed by atoms with Crippen LogP contribution >= 0.6 is 0 Å². The Morgan fingerprint density at radius 3 is 2.65 bits per heavy atom. The Morgan fingerprint density at radius 2 is 2.00 bits per heavy atom. The number of aryl methyl sites for hydroxylation is 2. The van der Waals surface area contributed by atoms with Crippen LogP contribution in [0.3, 0.4) is 0 Å². The van der Waals surface area contributed by atoms with E-state index in [0.29, 0.717) is 18.1 Å². The van der Waals surface area contributed by atoms with Crippen molar-refractivity contribution in [2.24, 2.45) is 0 Å². The smallest absolute Gasteiger partial charge is 0.186 e. The molecule has 1 unspecified atom stereocenters. The normalized spacial score (nSPS) is 20.2. The summed E-state index contributed by atoms with van der Waals surface area (Å²) in [6.07, 6.45) is 3.84. The molecule has 0 amide bonds. The first kappa shape index (κ1) is 15.2. The van der Waals surface area contributed by atoms with E-state index in [9.17, 15) is 12.8 Å². The molecule has 0 aromatic carbocycles. The van der Waals surface area contributed by atoms with Crippen LogP contribution in [0.25, 0.3) is 0 Å². The van der Waals surface area contributed by atoms with Gasteiger partial charge in [0.05, 0.1) is 11.4 Å². The van der Waals surface area contributed by atoms with Crippen LogP contribution in [0.1, 0.15) is 30.8 Å². The van der Waals surface area contributed by atoms with Gasteiger partial charge in [0.1, 0.15) is 15.7 Å². The number of anilines is 1. The molecule has 1 aromatic heterocycles. The molecule has 0 spiro atoms. The first-order chi connectivity index (χ1) is 9.28. The van der Waals surface area contributed by atoms with Gasteiger partial charge in [0.15, 0.2) is 11.6 Å². The van der Waals surface area contributed by atoms with Gasteiger partial charge < -0.3 is 4.90 Å². The van der Waals surface area contributed by atoms with E-state index >= 15 is 0 Å². The fourth-order valence-corrected chi connectivity index (χ4v) is 3.72. The second-order valence-electron chi connectivity index (χ2n) is 5.43. The number of piperidine rings is 1. The number of nitrogens with zero attached hydrogens (tertiary/aromatic N) is 3. The molecule has 5 nitrogen and oxygen atoms in total. The Morgan fingerprint density at radius 1 is 1.30 bits per heavy atom. The van der Waals surface area contributed by atoms with E-state index in [1.807, 2.05) is 0 Å². The van der Waals surface area contributed by atoms with Crippen molar-refractivity contribution >= 4 is 15.7 Å². The molecule has 0 aliphatic carbocycles. The van der Waals surface area contributed by atoms with Gasteiger partial charge in [0.25, 0.3) is 0 Å². The molecule has 1 aliphatic heterocycles. The van der Waals surface area contributed by atoms with E-state index in [2.05, 4.69) is 9.97 Å². The minimum absolute atomic E-state index is 0.0362. The third-order valence-corrected chi connectivity index (χ3v) is 4.50. The molecule has 112 valence electrons. The number of hydrogen-bond acceptors (Lipinski definition) is 5. The van der Waals surface area contributed by atoms with Crippen LogP contribution < -0.4 is 4.90 Å². The van der Waals surface area contributed by atoms with Gasteiger partial charge in [-0.1, -0.05) is 0 Å². The van der Waals surface area contributed by atoms with Gasteiger partial charge in [0.2, 0.25) is 0 Å². The highest BCUT2D eigenvalue weighted by Crippen LogP contribution is 2.27. The molecule has 20 heavy (non-hydrogen) atoms. The van der Waals surface area contributed by atoms with Gasteiger partial charge in [-0.25, -0.2) is 22.8 Å². The molecule has 1 aromatic rings. The highest BCUT2D eigenvalue weighted by Gasteiger charge is 2.29. The zero-order valence-corrected chi connectivity index (χ0v) is 12.9. The van der Waals surface area contributed by atoms with Gasteiger partial charge in [-0.3, -0.25) is 0 Å². The minimum atomic E-state index is -3.11. The third-order valence-electron chi connectivity index (χ3n) is 3.51. The van der Waals surface area contributed by atoms with E-state index in [4.69, 9.17) is 0 Å². The molecule has 1 saturated heterocycles. The van der Waals surface area contributed by atoms with Crippen molar-refractivity contribution in [1.82, 2.24) is 9.97 Å². The van der Waals surface area contributed by atoms with E-state index in [1.54, 1.807) is 18.7 Å². The van der Waals surface area contributed by atoms with Crippen LogP contribution in [-0.2, 0) is 9.84 Å². The van der Waals surface area contributed by atoms with Crippen molar-refractivity contribution < 1.29 is 12.8 Å². The molecule has 1 aliphatic rings. The lowest BCUT2D eigenvalue weighted by Gasteiger charge is -2.36. The Bertz CT molecular complexity index is 604. The summed E-state index contributed by atoms with van der Waals surface area (Å²) in [7, 11) is -3.11. The van der Waals surface area contributed by atoms with Crippen molar-refractivity contribution in [3.63, 3.8) is 0 Å². The van der Waals surface area contributed by atoms with Crippen molar-refractivity contribution in [1.29, 1.82) is 0 Å². The molecule has 2 rings (SSSR count). The Balaban J connectivity index is 2.37. The predicted molar refractivity (Wildman–Crippen MR) is 76.2 cm³/mol. The summed E-state index contributed by atoms with van der Waals surface area (Å²) < 4.78 is 37.3. The fraction of sp³-hybridized carbons (Fsp3) is 0.692. The van der Waals surface area contributed by atoms with Crippen molar-refractivity contribution in [2.75, 3.05) is 23.5 Å². The molecule has 0 radical (unpaired) electrons. The van der Waals surface area contributed by atoms with Gasteiger partial charge in [-0.05, 0) is 33.1 Å². The van der Waals surface area contributed by atoms with Gasteiger partial charge >= 0.3 is 0 Å². The minimum Gasteiger partial charge on any atom is -0.350 e. The average molecular weight is 301 g/mol. The summed E-state index contributed by atoms with van der Waals surface area (Å²) in [5.74, 6) is 0.330. The first-order valence-corrected chi connectivity index (χ1v) is 8.79. The van der Waals surface area contributed by atoms with Crippen LogP contribution in [0.5, 0.6) is 0 Å². The number of aromatic nitrogens is 2. The van der Waals surface area contributed by atoms with Crippen LogP contribution in [0, 0.1) is 19.7 Å². The quantitative estimate of drug-likeness (QED) is 0.849. The lowest BCUT2D eigenvalue weighted by atomic mass is 10.0. The van der Waals surface area contributed by atoms with Crippen molar-refractivity contribution in [2.45, 2.75) is 39.2 Å². The lowest BCUT2D eigenvalue weighted by molar-refractivity contribution is 0.465. The summed E-state index contributed by atoms with van der Waals surface area (Å²) in [4.78, 5) is 9.97. The van der Waals surface area contributed by atoms with E-state index in [-0.39, 0.29) is 17.6 Å². The molecular formula is C13H20FN3O2S. The molecular weight excluding hydrogens is 281 g/mol. The Kier molecular flexibility index (Phi) is 4.27. The number of hydrogen-bond donors (Lipinski definition) is 0. The van der Waals surface area contributed by atoms with Gasteiger partial charge in [-0.15, -0.1) is 0 Å². The highest BCUT2D eigenvalue weighted by atomic mass is 32.2. The summed E-state index contributed by atoms with van der Waals surface area (Å²) >= 11 is 0. The van der Waals surface area contributed by atoms with Crippen LogP contribution in [0.15, 0.2) is 0 Å². The molecule has 2 heterocycles. The second kappa shape index (κ2) is 5.63. The third kappa shape index (κ3) is 3.45. The summed E-state index contributed by atoms with van der Waals surface area (Å²) in [6.45, 7) is 3.95. The molecule has 0 N–H and O–H groups in total. The molecule has 1 atom stereocenters. The zero-order chi connectivity index (χ0) is 14.9. The lowest BCUT2D eigenvalue weighted by Crippen LogP contribution is -2.44. The second-order valence-corrected chi connectivity index (χ2v) is 7.61. The monoisotopic (exact) mass is 301 g/mol. The number of halogens is 1. The van der Waals surface area contributed by atoms with Gasteiger partial charge in [-0.2, -0.15) is 0 Å². The maximum Gasteiger partial charge on any atom is 0.186 e. The Labute approximate surface area is 119 Å². The van der Waals surface area contributed by atoms with E-state index in [1.165, 1.54) is 6.26 Å². The standard InChI is InChI=1S/C13H20FN3O2S/c1-9-12(14)13(16-10(2)15-9)17-7-5-4-6-11(17)8-20(3,18)19/h11H,4-8H2,1-3H3. The summed E-state index contributed by atoms with van der Waals surface area (Å²) in [5, 5.41) is 0. The van der Waals surface area contributed by atoms with Crippen LogP contribution in [0.4, 0.5) is 10.2 Å². The maximum absolute atomic E-state index is 14.3. The SMILES string of the molecule is Cc1nc(C)c(F)c(N2CCCCC2CS(C)(=O)=O)n1. The van der Waals surface area contributed by atoms with E-state index in [0.717, 1.165) is 19.3 Å². The zero-order valence-electron chi connectivity index (χ0n) is 12.1. The molecule has 1 fully saturated rings. The van der Waals surface area contributed by atoms with Gasteiger partial charge in [0, 0.05) is 18.8 Å². The predicted octanol–water partition coefficient (Wildman–Crippen LogP) is 1.64. The number of sulfone groups is 1. The number of rotatable bonds is 3. The summed E-state index contributed by atoms with van der Waals surface area (Å²) in [5.41, 5.74) is 0.302. The Hall–Kier alpha value is -1.24. The molecule has 0 saturated carbocycles. The van der Waals surface area contributed by atoms with Crippen molar-refractivity contribution in [3.05, 3.63) is 17.3 Å². The van der Waals surface area contributed by atoms with Crippen molar-refractivity contribution in [3.8, 4) is 0 Å². The maximum atomic E-state index is 14.3.